The number of carbonyl (C=O) groups is 1. The lowest BCUT2D eigenvalue weighted by molar-refractivity contribution is 0.0977. The maximum Gasteiger partial charge on any atom is 0.278 e. The van der Waals surface area contributed by atoms with Crippen molar-refractivity contribution < 1.29 is 4.79 Å². The van der Waals surface area contributed by atoms with Crippen molar-refractivity contribution in [3.63, 3.8) is 0 Å². The largest absolute Gasteiger partial charge is 0.307 e. The van der Waals surface area contributed by atoms with Crippen LogP contribution in [0, 0.1) is 0 Å². The minimum Gasteiger partial charge on any atom is -0.307 e. The first-order chi connectivity index (χ1) is 11.1. The molecule has 0 bridgehead atoms. The number of rotatable bonds is 3. The van der Waals surface area contributed by atoms with Crippen LogP contribution in [0.2, 0.25) is 0 Å². The van der Waals surface area contributed by atoms with Crippen LogP contribution >= 0.6 is 0 Å². The van der Waals surface area contributed by atoms with E-state index < -0.39 is 0 Å². The number of benzene rings is 1. The summed E-state index contributed by atoms with van der Waals surface area (Å²) in [6.07, 6.45) is 1.73. The van der Waals surface area contributed by atoms with Crippen molar-refractivity contribution in [2.24, 2.45) is 0 Å². The molecule has 1 aliphatic heterocycles. The van der Waals surface area contributed by atoms with Gasteiger partial charge in [0.2, 0.25) is 0 Å². The smallest absolute Gasteiger partial charge is 0.278 e. The highest BCUT2D eigenvalue weighted by atomic mass is 16.2. The van der Waals surface area contributed by atoms with Gasteiger partial charge in [0, 0.05) is 24.8 Å². The van der Waals surface area contributed by atoms with E-state index in [0.717, 1.165) is 18.5 Å². The molecule has 1 amide bonds. The highest BCUT2D eigenvalue weighted by Gasteiger charge is 2.27. The Morgan fingerprint density at radius 3 is 2.83 bits per heavy atom. The lowest BCUT2D eigenvalue weighted by Gasteiger charge is -2.32. The standard InChI is InChI=1S/C18H21N3O2/c1-3-11-21-17(22)9-8-15(19-21)18(23)20-12-10-13(2)14-6-4-5-7-16(14)20/h4-9,13H,3,10-12H2,1-2H3/t13-/m0/s1. The number of anilines is 1. The predicted octanol–water partition coefficient (Wildman–Crippen LogP) is 2.81. The van der Waals surface area contributed by atoms with Crippen molar-refractivity contribution in [3.8, 4) is 0 Å². The van der Waals surface area contributed by atoms with Crippen LogP contribution in [-0.2, 0) is 6.54 Å². The van der Waals surface area contributed by atoms with Gasteiger partial charge < -0.3 is 4.90 Å². The van der Waals surface area contributed by atoms with Crippen molar-refractivity contribution in [2.75, 3.05) is 11.4 Å². The summed E-state index contributed by atoms with van der Waals surface area (Å²) in [5.74, 6) is 0.298. The maximum atomic E-state index is 12.9. The van der Waals surface area contributed by atoms with Gasteiger partial charge >= 0.3 is 0 Å². The number of nitrogens with zero attached hydrogens (tertiary/aromatic N) is 3. The summed E-state index contributed by atoms with van der Waals surface area (Å²) >= 11 is 0. The van der Waals surface area contributed by atoms with Gasteiger partial charge in [-0.15, -0.1) is 0 Å². The molecule has 1 aliphatic rings. The van der Waals surface area contributed by atoms with Crippen molar-refractivity contribution in [1.29, 1.82) is 0 Å². The second-order valence-corrected chi connectivity index (χ2v) is 5.99. The van der Waals surface area contributed by atoms with Gasteiger partial charge in [-0.2, -0.15) is 5.10 Å². The molecule has 5 nitrogen and oxygen atoms in total. The van der Waals surface area contributed by atoms with Crippen LogP contribution in [-0.4, -0.2) is 22.2 Å². The molecule has 0 radical (unpaired) electrons. The zero-order chi connectivity index (χ0) is 16.4. The van der Waals surface area contributed by atoms with Crippen LogP contribution in [0.5, 0.6) is 0 Å². The van der Waals surface area contributed by atoms with Gasteiger partial charge in [-0.3, -0.25) is 9.59 Å². The Labute approximate surface area is 135 Å². The second kappa shape index (κ2) is 6.36. The van der Waals surface area contributed by atoms with E-state index in [-0.39, 0.29) is 11.5 Å². The number of aryl methyl sites for hydroxylation is 1. The van der Waals surface area contributed by atoms with Gasteiger partial charge in [0.15, 0.2) is 0 Å². The van der Waals surface area contributed by atoms with Gasteiger partial charge in [-0.1, -0.05) is 32.0 Å². The van der Waals surface area contributed by atoms with E-state index in [2.05, 4.69) is 18.1 Å². The Hall–Kier alpha value is -2.43. The van der Waals surface area contributed by atoms with Gasteiger partial charge in [0.05, 0.1) is 0 Å². The molecule has 0 fully saturated rings. The molecule has 1 aromatic carbocycles. The molecule has 120 valence electrons. The lowest BCUT2D eigenvalue weighted by Crippen LogP contribution is -2.38. The Morgan fingerprint density at radius 1 is 1.26 bits per heavy atom. The van der Waals surface area contributed by atoms with Gasteiger partial charge in [-0.05, 0) is 36.5 Å². The second-order valence-electron chi connectivity index (χ2n) is 5.99. The van der Waals surface area contributed by atoms with Crippen LogP contribution in [0.3, 0.4) is 0 Å². The molecule has 0 N–H and O–H groups in total. The molecular weight excluding hydrogens is 290 g/mol. The fourth-order valence-electron chi connectivity index (χ4n) is 3.03. The minimum absolute atomic E-state index is 0.144. The van der Waals surface area contributed by atoms with Gasteiger partial charge in [-0.25, -0.2) is 4.68 Å². The van der Waals surface area contributed by atoms with E-state index in [1.165, 1.54) is 22.4 Å². The van der Waals surface area contributed by atoms with Crippen molar-refractivity contribution in [3.05, 3.63) is 58.0 Å². The number of fused-ring (bicyclic) bond motifs is 1. The number of carbonyl (C=O) groups excluding carboxylic acids is 1. The zero-order valence-corrected chi connectivity index (χ0v) is 13.5. The first-order valence-corrected chi connectivity index (χ1v) is 8.10. The number of hydrogen-bond donors (Lipinski definition) is 0. The summed E-state index contributed by atoms with van der Waals surface area (Å²) in [4.78, 5) is 26.4. The third-order valence-corrected chi connectivity index (χ3v) is 4.31. The molecular formula is C18H21N3O2. The summed E-state index contributed by atoms with van der Waals surface area (Å²) in [6, 6.07) is 11.0. The molecule has 0 saturated carbocycles. The molecule has 23 heavy (non-hydrogen) atoms. The number of amides is 1. The van der Waals surface area contributed by atoms with E-state index >= 15 is 0 Å². The molecule has 1 aromatic heterocycles. The van der Waals surface area contributed by atoms with E-state index in [1.54, 1.807) is 4.90 Å². The van der Waals surface area contributed by atoms with Crippen LogP contribution in [0.15, 0.2) is 41.2 Å². The average Bonchev–Trinajstić information content (AvgIpc) is 2.57. The first-order valence-electron chi connectivity index (χ1n) is 8.10. The molecule has 5 heteroatoms. The fraction of sp³-hybridized carbons (Fsp3) is 0.389. The van der Waals surface area contributed by atoms with Crippen molar-refractivity contribution in [2.45, 2.75) is 39.2 Å². The molecule has 1 atom stereocenters. The average molecular weight is 311 g/mol. The Morgan fingerprint density at radius 2 is 2.04 bits per heavy atom. The minimum atomic E-state index is -0.170. The summed E-state index contributed by atoms with van der Waals surface area (Å²) in [7, 11) is 0. The molecule has 2 heterocycles. The molecule has 0 aliphatic carbocycles. The highest BCUT2D eigenvalue weighted by Crippen LogP contribution is 2.35. The highest BCUT2D eigenvalue weighted by molar-refractivity contribution is 6.05. The topological polar surface area (TPSA) is 55.2 Å². The molecule has 0 saturated heterocycles. The van der Waals surface area contributed by atoms with Crippen LogP contribution < -0.4 is 10.5 Å². The zero-order valence-electron chi connectivity index (χ0n) is 13.5. The van der Waals surface area contributed by atoms with E-state index in [0.29, 0.717) is 24.7 Å². The van der Waals surface area contributed by atoms with E-state index in [1.807, 2.05) is 25.1 Å². The van der Waals surface area contributed by atoms with Gasteiger partial charge in [0.1, 0.15) is 5.69 Å². The third kappa shape index (κ3) is 2.91. The summed E-state index contributed by atoms with van der Waals surface area (Å²) in [6.45, 7) is 5.35. The Kier molecular flexibility index (Phi) is 4.28. The summed E-state index contributed by atoms with van der Waals surface area (Å²) < 4.78 is 1.37. The van der Waals surface area contributed by atoms with Crippen molar-refractivity contribution >= 4 is 11.6 Å². The van der Waals surface area contributed by atoms with Crippen LogP contribution in [0.25, 0.3) is 0 Å². The van der Waals surface area contributed by atoms with Gasteiger partial charge in [0.25, 0.3) is 11.5 Å². The normalized spacial score (nSPS) is 17.0. The van der Waals surface area contributed by atoms with Crippen LogP contribution in [0.4, 0.5) is 5.69 Å². The summed E-state index contributed by atoms with van der Waals surface area (Å²) in [5, 5.41) is 4.24. The molecule has 2 aromatic rings. The Balaban J connectivity index is 1.97. The van der Waals surface area contributed by atoms with Crippen molar-refractivity contribution in [1.82, 2.24) is 9.78 Å². The maximum absolute atomic E-state index is 12.9. The number of para-hydroxylation sites is 1. The SMILES string of the molecule is CCCn1nc(C(=O)N2CC[C@H](C)c3ccccc32)ccc1=O. The van der Waals surface area contributed by atoms with Crippen LogP contribution in [0.1, 0.15) is 48.7 Å². The Bertz CT molecular complexity index is 782. The summed E-state index contributed by atoms with van der Waals surface area (Å²) in [5.41, 5.74) is 2.29. The third-order valence-electron chi connectivity index (χ3n) is 4.31. The monoisotopic (exact) mass is 311 g/mol. The number of aromatic nitrogens is 2. The molecule has 3 rings (SSSR count). The molecule has 0 unspecified atom stereocenters. The quantitative estimate of drug-likeness (QED) is 0.876. The predicted molar refractivity (Wildman–Crippen MR) is 89.9 cm³/mol. The fourth-order valence-corrected chi connectivity index (χ4v) is 3.03. The first kappa shape index (κ1) is 15.5. The number of hydrogen-bond acceptors (Lipinski definition) is 3. The molecule has 0 spiro atoms. The van der Waals surface area contributed by atoms with E-state index in [9.17, 15) is 9.59 Å². The van der Waals surface area contributed by atoms with E-state index in [4.69, 9.17) is 0 Å². The lowest BCUT2D eigenvalue weighted by atomic mass is 9.91.